The molecule has 1 radical (unpaired) electrons. The number of benzene rings is 1. The molecule has 1 aromatic heterocycles. The maximum Gasteiger partial charge on any atom is 0.161 e. The van der Waals surface area contributed by atoms with Gasteiger partial charge in [-0.1, -0.05) is 26.0 Å². The molecule has 3 rings (SSSR count). The lowest BCUT2D eigenvalue weighted by atomic mass is 10.00. The van der Waals surface area contributed by atoms with Crippen molar-refractivity contribution in [3.8, 4) is 17.1 Å². The van der Waals surface area contributed by atoms with Gasteiger partial charge in [-0.05, 0) is 56.7 Å². The molecule has 1 aliphatic rings. The van der Waals surface area contributed by atoms with Gasteiger partial charge in [0.1, 0.15) is 11.6 Å². The first-order chi connectivity index (χ1) is 12.0. The highest BCUT2D eigenvalue weighted by Crippen LogP contribution is 2.32. The molecule has 2 heterocycles. The first-order valence-electron chi connectivity index (χ1n) is 9.25. The SMILES string of the molecule is CC(C)Oc1cc(-c2nccc(N3CC[CH]CC3)n2)ccc1C(C)C. The van der Waals surface area contributed by atoms with Crippen molar-refractivity contribution >= 4 is 5.82 Å². The van der Waals surface area contributed by atoms with Crippen LogP contribution < -0.4 is 9.64 Å². The Morgan fingerprint density at radius 2 is 1.80 bits per heavy atom. The average molecular weight is 338 g/mol. The van der Waals surface area contributed by atoms with Crippen molar-refractivity contribution in [1.29, 1.82) is 0 Å². The highest BCUT2D eigenvalue weighted by molar-refractivity contribution is 5.61. The molecule has 25 heavy (non-hydrogen) atoms. The van der Waals surface area contributed by atoms with Crippen molar-refractivity contribution in [3.05, 3.63) is 42.4 Å². The molecule has 4 heteroatoms. The molecular formula is C21H28N3O. The molecule has 2 aromatic rings. The number of hydrogen-bond acceptors (Lipinski definition) is 4. The second kappa shape index (κ2) is 7.85. The summed E-state index contributed by atoms with van der Waals surface area (Å²) in [5.74, 6) is 3.12. The van der Waals surface area contributed by atoms with Crippen LogP contribution in [0.25, 0.3) is 11.4 Å². The number of aromatic nitrogens is 2. The van der Waals surface area contributed by atoms with Crippen LogP contribution in [0.4, 0.5) is 5.82 Å². The Balaban J connectivity index is 1.93. The van der Waals surface area contributed by atoms with Crippen LogP contribution in [0.15, 0.2) is 30.5 Å². The summed E-state index contributed by atoms with van der Waals surface area (Å²) in [5, 5.41) is 0. The predicted molar refractivity (Wildman–Crippen MR) is 103 cm³/mol. The minimum atomic E-state index is 0.143. The quantitative estimate of drug-likeness (QED) is 0.780. The van der Waals surface area contributed by atoms with Crippen molar-refractivity contribution in [2.24, 2.45) is 0 Å². The lowest BCUT2D eigenvalue weighted by Gasteiger charge is -2.27. The Hall–Kier alpha value is -2.10. The van der Waals surface area contributed by atoms with Crippen LogP contribution in [0, 0.1) is 6.42 Å². The summed E-state index contributed by atoms with van der Waals surface area (Å²) in [4.78, 5) is 11.6. The molecule has 0 bridgehead atoms. The Bertz CT molecular complexity index is 706. The van der Waals surface area contributed by atoms with E-state index in [1.807, 2.05) is 12.3 Å². The molecule has 0 unspecified atom stereocenters. The topological polar surface area (TPSA) is 38.2 Å². The number of hydrogen-bond donors (Lipinski definition) is 0. The van der Waals surface area contributed by atoms with Crippen molar-refractivity contribution in [1.82, 2.24) is 9.97 Å². The first-order valence-corrected chi connectivity index (χ1v) is 9.25. The third-order valence-corrected chi connectivity index (χ3v) is 4.43. The lowest BCUT2D eigenvalue weighted by molar-refractivity contribution is 0.239. The number of ether oxygens (including phenoxy) is 1. The van der Waals surface area contributed by atoms with Gasteiger partial charge in [-0.25, -0.2) is 9.97 Å². The fourth-order valence-corrected chi connectivity index (χ4v) is 3.15. The number of rotatable bonds is 5. The van der Waals surface area contributed by atoms with Crippen LogP contribution in [0.1, 0.15) is 52.0 Å². The van der Waals surface area contributed by atoms with Crippen molar-refractivity contribution in [2.45, 2.75) is 52.6 Å². The van der Waals surface area contributed by atoms with Gasteiger partial charge in [0.05, 0.1) is 6.10 Å². The van der Waals surface area contributed by atoms with Gasteiger partial charge in [-0.2, -0.15) is 0 Å². The Labute approximate surface area is 151 Å². The molecule has 0 atom stereocenters. The van der Waals surface area contributed by atoms with Crippen molar-refractivity contribution in [2.75, 3.05) is 18.0 Å². The van der Waals surface area contributed by atoms with Gasteiger partial charge < -0.3 is 9.64 Å². The second-order valence-corrected chi connectivity index (χ2v) is 7.17. The first kappa shape index (κ1) is 17.7. The molecule has 0 aliphatic carbocycles. The molecule has 1 saturated heterocycles. The molecule has 4 nitrogen and oxygen atoms in total. The normalized spacial score (nSPS) is 15.0. The molecule has 0 N–H and O–H groups in total. The van der Waals surface area contributed by atoms with E-state index in [9.17, 15) is 0 Å². The molecule has 133 valence electrons. The van der Waals surface area contributed by atoms with E-state index in [0.29, 0.717) is 5.92 Å². The summed E-state index contributed by atoms with van der Waals surface area (Å²) in [5.41, 5.74) is 2.23. The van der Waals surface area contributed by atoms with Gasteiger partial charge in [0.25, 0.3) is 0 Å². The molecule has 0 spiro atoms. The summed E-state index contributed by atoms with van der Waals surface area (Å²) >= 11 is 0. The van der Waals surface area contributed by atoms with Crippen molar-refractivity contribution in [3.63, 3.8) is 0 Å². The van der Waals surface area contributed by atoms with Crippen LogP contribution >= 0.6 is 0 Å². The van der Waals surface area contributed by atoms with Crippen LogP contribution in [0.5, 0.6) is 5.75 Å². The van der Waals surface area contributed by atoms with Crippen LogP contribution in [0.3, 0.4) is 0 Å². The molecular weight excluding hydrogens is 310 g/mol. The van der Waals surface area contributed by atoms with Gasteiger partial charge >= 0.3 is 0 Å². The lowest BCUT2D eigenvalue weighted by Crippen LogP contribution is -2.30. The van der Waals surface area contributed by atoms with E-state index in [2.05, 4.69) is 62.2 Å². The zero-order valence-electron chi connectivity index (χ0n) is 15.7. The average Bonchev–Trinajstić information content (AvgIpc) is 2.62. The summed E-state index contributed by atoms with van der Waals surface area (Å²) < 4.78 is 6.05. The van der Waals surface area contributed by atoms with E-state index >= 15 is 0 Å². The number of anilines is 1. The van der Waals surface area contributed by atoms with E-state index < -0.39 is 0 Å². The van der Waals surface area contributed by atoms with Gasteiger partial charge in [0.2, 0.25) is 0 Å². The maximum absolute atomic E-state index is 6.05. The molecule has 1 fully saturated rings. The summed E-state index contributed by atoms with van der Waals surface area (Å²) in [6, 6.07) is 8.33. The van der Waals surface area contributed by atoms with Gasteiger partial charge in [-0.3, -0.25) is 0 Å². The van der Waals surface area contributed by atoms with Gasteiger partial charge in [0.15, 0.2) is 5.82 Å². The zero-order valence-corrected chi connectivity index (χ0v) is 15.7. The van der Waals surface area contributed by atoms with E-state index in [1.54, 1.807) is 0 Å². The number of piperidine rings is 1. The Morgan fingerprint density at radius 3 is 2.48 bits per heavy atom. The van der Waals surface area contributed by atoms with Gasteiger partial charge in [0, 0.05) is 24.8 Å². The minimum absolute atomic E-state index is 0.143. The maximum atomic E-state index is 6.05. The van der Waals surface area contributed by atoms with E-state index in [1.165, 1.54) is 5.56 Å². The van der Waals surface area contributed by atoms with E-state index in [0.717, 1.165) is 48.9 Å². The zero-order chi connectivity index (χ0) is 17.8. The molecule has 1 aliphatic heterocycles. The van der Waals surface area contributed by atoms with Gasteiger partial charge in [-0.15, -0.1) is 0 Å². The number of nitrogens with zero attached hydrogens (tertiary/aromatic N) is 3. The van der Waals surface area contributed by atoms with Crippen LogP contribution in [0.2, 0.25) is 0 Å². The Kier molecular flexibility index (Phi) is 5.57. The fraction of sp³-hybridized carbons (Fsp3) is 0.476. The smallest absolute Gasteiger partial charge is 0.161 e. The Morgan fingerprint density at radius 1 is 1.04 bits per heavy atom. The van der Waals surface area contributed by atoms with Crippen LogP contribution in [-0.4, -0.2) is 29.2 Å². The second-order valence-electron chi connectivity index (χ2n) is 7.17. The van der Waals surface area contributed by atoms with E-state index in [4.69, 9.17) is 9.72 Å². The highest BCUT2D eigenvalue weighted by atomic mass is 16.5. The standard InChI is InChI=1S/C21H28N3O/c1-15(2)18-9-8-17(14-19(18)25-16(3)4)21-22-11-10-20(23-21)24-12-6-5-7-13-24/h5,8-11,14-16H,6-7,12-13H2,1-4H3. The van der Waals surface area contributed by atoms with Crippen molar-refractivity contribution < 1.29 is 4.74 Å². The summed E-state index contributed by atoms with van der Waals surface area (Å²) in [6.45, 7) is 10.6. The molecule has 0 saturated carbocycles. The highest BCUT2D eigenvalue weighted by Gasteiger charge is 2.15. The van der Waals surface area contributed by atoms with E-state index in [-0.39, 0.29) is 6.10 Å². The largest absolute Gasteiger partial charge is 0.491 e. The third kappa shape index (κ3) is 4.30. The molecule has 0 amide bonds. The monoisotopic (exact) mass is 338 g/mol. The molecule has 1 aromatic carbocycles. The van der Waals surface area contributed by atoms with Crippen LogP contribution in [-0.2, 0) is 0 Å². The predicted octanol–water partition coefficient (Wildman–Crippen LogP) is 4.86. The third-order valence-electron chi connectivity index (χ3n) is 4.43. The fourth-order valence-electron chi connectivity index (χ4n) is 3.15. The minimum Gasteiger partial charge on any atom is -0.491 e. The summed E-state index contributed by atoms with van der Waals surface area (Å²) in [6.07, 6.45) is 6.59. The summed E-state index contributed by atoms with van der Waals surface area (Å²) in [7, 11) is 0.